The number of halogens is 1. The third-order valence-electron chi connectivity index (χ3n) is 4.52. The van der Waals surface area contributed by atoms with Crippen LogP contribution >= 0.6 is 11.6 Å². The molecule has 4 nitrogen and oxygen atoms in total. The van der Waals surface area contributed by atoms with E-state index in [4.69, 9.17) is 21.4 Å². The first-order valence-electron chi connectivity index (χ1n) is 9.17. The van der Waals surface area contributed by atoms with Crippen molar-refractivity contribution in [1.82, 2.24) is 4.98 Å². The molecule has 1 aliphatic heterocycles. The van der Waals surface area contributed by atoms with Gasteiger partial charge in [-0.15, -0.1) is 0 Å². The molecule has 3 rings (SSSR count). The van der Waals surface area contributed by atoms with E-state index >= 15 is 0 Å². The van der Waals surface area contributed by atoms with Crippen molar-refractivity contribution in [3.05, 3.63) is 51.6 Å². The van der Waals surface area contributed by atoms with Crippen LogP contribution in [0.5, 0.6) is 5.75 Å². The summed E-state index contributed by atoms with van der Waals surface area (Å²) in [5.74, 6) is 0.598. The molecule has 138 valence electrons. The number of hydrogen-bond acceptors (Lipinski definition) is 3. The van der Waals surface area contributed by atoms with E-state index in [0.29, 0.717) is 22.9 Å². The number of aliphatic hydroxyl groups is 1. The molecule has 1 aromatic rings. The number of aromatic nitrogens is 1. The molecule has 1 aliphatic carbocycles. The van der Waals surface area contributed by atoms with E-state index in [1.165, 1.54) is 0 Å². The zero-order valence-corrected chi connectivity index (χ0v) is 15.5. The van der Waals surface area contributed by atoms with Gasteiger partial charge in [-0.3, -0.25) is 4.79 Å². The molecule has 0 atom stereocenters. The largest absolute Gasteiger partial charge is 0.493 e. The zero-order chi connectivity index (χ0) is 18.4. The first-order valence-corrected chi connectivity index (χ1v) is 9.55. The summed E-state index contributed by atoms with van der Waals surface area (Å²) >= 11 is 6.05. The summed E-state index contributed by atoms with van der Waals surface area (Å²) in [6.45, 7) is 0.880. The summed E-state index contributed by atoms with van der Waals surface area (Å²) in [6.07, 6.45) is 6.31. The minimum absolute atomic E-state index is 0.0467. The van der Waals surface area contributed by atoms with Gasteiger partial charge in [-0.05, 0) is 36.4 Å². The molecule has 0 saturated heterocycles. The number of pyridine rings is 1. The monoisotopic (exact) mass is 373 g/mol. The van der Waals surface area contributed by atoms with Gasteiger partial charge in [0.2, 0.25) is 0 Å². The van der Waals surface area contributed by atoms with Crippen LogP contribution in [0.25, 0.3) is 22.2 Å². The van der Waals surface area contributed by atoms with Gasteiger partial charge < -0.3 is 14.8 Å². The minimum Gasteiger partial charge on any atom is -0.493 e. The SMILES string of the molecule is O=c1cc(OCCCCCCCCO)cc2[nH]c3cc(Cl)ccc3cc1-2. The molecule has 5 heteroatoms. The van der Waals surface area contributed by atoms with Crippen LogP contribution in [0.3, 0.4) is 0 Å². The first-order chi connectivity index (χ1) is 12.7. The van der Waals surface area contributed by atoms with E-state index in [9.17, 15) is 4.79 Å². The lowest BCUT2D eigenvalue weighted by Crippen LogP contribution is -2.08. The van der Waals surface area contributed by atoms with Crippen LogP contribution in [0.4, 0.5) is 0 Å². The topological polar surface area (TPSA) is 62.3 Å². The maximum absolute atomic E-state index is 12.4. The average Bonchev–Trinajstić information content (AvgIpc) is 2.62. The number of fused-ring (bicyclic) bond motifs is 2. The Bertz CT molecular complexity index is 890. The maximum Gasteiger partial charge on any atom is 0.191 e. The zero-order valence-electron chi connectivity index (χ0n) is 14.8. The van der Waals surface area contributed by atoms with E-state index in [0.717, 1.165) is 55.1 Å². The van der Waals surface area contributed by atoms with Gasteiger partial charge in [0.15, 0.2) is 5.43 Å². The van der Waals surface area contributed by atoms with Crippen LogP contribution in [-0.2, 0) is 0 Å². The van der Waals surface area contributed by atoms with Gasteiger partial charge in [0.1, 0.15) is 5.75 Å². The number of aromatic amines is 1. The lowest BCUT2D eigenvalue weighted by molar-refractivity contribution is 0.280. The summed E-state index contributed by atoms with van der Waals surface area (Å²) in [6, 6.07) is 10.9. The first kappa shape index (κ1) is 18.7. The molecule has 2 N–H and O–H groups in total. The predicted octanol–water partition coefficient (Wildman–Crippen LogP) is 5.00. The van der Waals surface area contributed by atoms with E-state index in [2.05, 4.69) is 4.98 Å². The summed E-state index contributed by atoms with van der Waals surface area (Å²) in [7, 11) is 0. The number of benzene rings is 2. The van der Waals surface area contributed by atoms with Crippen LogP contribution < -0.4 is 10.2 Å². The third-order valence-corrected chi connectivity index (χ3v) is 4.76. The van der Waals surface area contributed by atoms with E-state index < -0.39 is 0 Å². The normalized spacial score (nSPS) is 11.3. The average molecular weight is 374 g/mol. The second-order valence-electron chi connectivity index (χ2n) is 6.58. The van der Waals surface area contributed by atoms with Crippen molar-refractivity contribution >= 4 is 22.5 Å². The Morgan fingerprint density at radius 3 is 2.54 bits per heavy atom. The molecule has 0 bridgehead atoms. The molecule has 1 aromatic carbocycles. The maximum atomic E-state index is 12.4. The summed E-state index contributed by atoms with van der Waals surface area (Å²) in [4.78, 5) is 15.7. The fourth-order valence-corrected chi connectivity index (χ4v) is 3.28. The van der Waals surface area contributed by atoms with Crippen molar-refractivity contribution in [2.45, 2.75) is 38.5 Å². The second kappa shape index (κ2) is 9.06. The fourth-order valence-electron chi connectivity index (χ4n) is 3.11. The number of nitrogens with one attached hydrogen (secondary N) is 1. The summed E-state index contributed by atoms with van der Waals surface area (Å²) < 4.78 is 5.77. The number of unbranched alkanes of at least 4 members (excludes halogenated alkanes) is 5. The van der Waals surface area contributed by atoms with Gasteiger partial charge in [-0.2, -0.15) is 0 Å². The van der Waals surface area contributed by atoms with Gasteiger partial charge in [0, 0.05) is 34.8 Å². The number of rotatable bonds is 9. The van der Waals surface area contributed by atoms with Crippen molar-refractivity contribution in [2.24, 2.45) is 0 Å². The van der Waals surface area contributed by atoms with Gasteiger partial charge >= 0.3 is 0 Å². The number of ether oxygens (including phenoxy) is 1. The summed E-state index contributed by atoms with van der Waals surface area (Å²) in [5.41, 5.74) is 2.25. The molecule has 26 heavy (non-hydrogen) atoms. The Balaban J connectivity index is 1.64. The van der Waals surface area contributed by atoms with E-state index in [1.807, 2.05) is 30.3 Å². The van der Waals surface area contributed by atoms with Crippen molar-refractivity contribution in [2.75, 3.05) is 13.2 Å². The van der Waals surface area contributed by atoms with Gasteiger partial charge in [0.25, 0.3) is 0 Å². The number of aliphatic hydroxyl groups excluding tert-OH is 1. The van der Waals surface area contributed by atoms with Crippen molar-refractivity contribution in [1.29, 1.82) is 0 Å². The van der Waals surface area contributed by atoms with Gasteiger partial charge in [0.05, 0.1) is 12.3 Å². The lowest BCUT2D eigenvalue weighted by atomic mass is 10.1. The van der Waals surface area contributed by atoms with Crippen LogP contribution in [0.15, 0.2) is 41.2 Å². The number of hydrogen-bond donors (Lipinski definition) is 2. The molecule has 0 amide bonds. The smallest absolute Gasteiger partial charge is 0.191 e. The lowest BCUT2D eigenvalue weighted by Gasteiger charge is -2.11. The number of H-pyrrole nitrogens is 1. The highest BCUT2D eigenvalue weighted by molar-refractivity contribution is 6.31. The van der Waals surface area contributed by atoms with Crippen molar-refractivity contribution in [3.8, 4) is 17.0 Å². The highest BCUT2D eigenvalue weighted by atomic mass is 35.5. The van der Waals surface area contributed by atoms with Gasteiger partial charge in [-0.1, -0.05) is 43.4 Å². The Morgan fingerprint density at radius 1 is 0.962 bits per heavy atom. The highest BCUT2D eigenvalue weighted by Gasteiger charge is 2.11. The Labute approximate surface area is 158 Å². The highest BCUT2D eigenvalue weighted by Crippen LogP contribution is 2.27. The van der Waals surface area contributed by atoms with Crippen LogP contribution in [0.1, 0.15) is 38.5 Å². The van der Waals surface area contributed by atoms with E-state index in [-0.39, 0.29) is 12.0 Å². The van der Waals surface area contributed by atoms with E-state index in [1.54, 1.807) is 6.07 Å². The van der Waals surface area contributed by atoms with Crippen molar-refractivity contribution < 1.29 is 9.84 Å². The molecule has 0 fully saturated rings. The van der Waals surface area contributed by atoms with Crippen LogP contribution in [0, 0.1) is 0 Å². The molecule has 1 heterocycles. The summed E-state index contributed by atoms with van der Waals surface area (Å²) in [5, 5.41) is 10.4. The predicted molar refractivity (Wildman–Crippen MR) is 106 cm³/mol. The molecular weight excluding hydrogens is 350 g/mol. The third kappa shape index (κ3) is 4.77. The molecular formula is C21H24ClNO3. The molecule has 2 aliphatic rings. The fraction of sp³-hybridized carbons (Fsp3) is 0.381. The minimum atomic E-state index is -0.0467. The van der Waals surface area contributed by atoms with Gasteiger partial charge in [-0.25, -0.2) is 0 Å². The molecule has 0 radical (unpaired) electrons. The standard InChI is InChI=1S/C21H24ClNO3/c22-16-8-7-15-11-18-20(23-19(15)12-16)13-17(14-21(18)25)26-10-6-4-2-1-3-5-9-24/h7-8,11-14,23-24H,1-6,9-10H2. The Hall–Kier alpha value is -2.04. The molecule has 0 aromatic heterocycles. The Kier molecular flexibility index (Phi) is 6.53. The Morgan fingerprint density at radius 2 is 1.73 bits per heavy atom. The van der Waals surface area contributed by atoms with Crippen LogP contribution in [-0.4, -0.2) is 23.3 Å². The quantitative estimate of drug-likeness (QED) is 0.410. The molecule has 0 saturated carbocycles. The van der Waals surface area contributed by atoms with Crippen LogP contribution in [0.2, 0.25) is 5.02 Å². The van der Waals surface area contributed by atoms with Crippen molar-refractivity contribution in [3.63, 3.8) is 0 Å². The molecule has 0 unspecified atom stereocenters. The molecule has 0 spiro atoms. The second-order valence-corrected chi connectivity index (χ2v) is 7.01.